The van der Waals surface area contributed by atoms with E-state index < -0.39 is 0 Å². The number of aromatic nitrogens is 3. The topological polar surface area (TPSA) is 42.7 Å². The Morgan fingerprint density at radius 3 is 2.80 bits per heavy atom. The van der Waals surface area contributed by atoms with Crippen LogP contribution in [-0.4, -0.2) is 21.6 Å². The molecule has 4 nitrogen and oxygen atoms in total. The van der Waals surface area contributed by atoms with Gasteiger partial charge in [0.1, 0.15) is 5.82 Å². The Kier molecular flexibility index (Phi) is 3.09. The van der Waals surface area contributed by atoms with Gasteiger partial charge in [-0.3, -0.25) is 0 Å². The standard InChI is InChI=1S/C11H14N4/c1-12-8-10-4-2-7-15(10)9-11-13-5-3-6-14-11/h2-7,12H,8-9H2,1H3. The molecule has 4 heteroatoms. The third kappa shape index (κ3) is 2.41. The molecular weight excluding hydrogens is 188 g/mol. The molecule has 0 unspecified atom stereocenters. The summed E-state index contributed by atoms with van der Waals surface area (Å²) in [7, 11) is 1.94. The minimum Gasteiger partial charge on any atom is -0.343 e. The Morgan fingerprint density at radius 2 is 2.07 bits per heavy atom. The van der Waals surface area contributed by atoms with Crippen LogP contribution in [-0.2, 0) is 13.1 Å². The summed E-state index contributed by atoms with van der Waals surface area (Å²) in [6.07, 6.45) is 5.58. The second-order valence-corrected chi connectivity index (χ2v) is 3.32. The average molecular weight is 202 g/mol. The Morgan fingerprint density at radius 1 is 1.27 bits per heavy atom. The monoisotopic (exact) mass is 202 g/mol. The van der Waals surface area contributed by atoms with Crippen LogP contribution in [0.1, 0.15) is 11.5 Å². The van der Waals surface area contributed by atoms with Crippen molar-refractivity contribution in [2.24, 2.45) is 0 Å². The maximum absolute atomic E-state index is 4.20. The molecule has 2 rings (SSSR count). The second-order valence-electron chi connectivity index (χ2n) is 3.32. The van der Waals surface area contributed by atoms with E-state index in [2.05, 4.69) is 25.9 Å². The van der Waals surface area contributed by atoms with Crippen molar-refractivity contribution in [1.29, 1.82) is 0 Å². The molecule has 15 heavy (non-hydrogen) atoms. The van der Waals surface area contributed by atoms with E-state index in [0.717, 1.165) is 18.9 Å². The highest BCUT2D eigenvalue weighted by molar-refractivity contribution is 5.08. The molecule has 0 saturated heterocycles. The van der Waals surface area contributed by atoms with Crippen molar-refractivity contribution in [3.63, 3.8) is 0 Å². The van der Waals surface area contributed by atoms with Crippen molar-refractivity contribution in [3.05, 3.63) is 48.3 Å². The first kappa shape index (κ1) is 9.86. The number of hydrogen-bond donors (Lipinski definition) is 1. The van der Waals surface area contributed by atoms with Gasteiger partial charge in [0.25, 0.3) is 0 Å². The van der Waals surface area contributed by atoms with Gasteiger partial charge in [0.05, 0.1) is 6.54 Å². The molecule has 0 aliphatic rings. The summed E-state index contributed by atoms with van der Waals surface area (Å²) < 4.78 is 2.14. The van der Waals surface area contributed by atoms with Crippen molar-refractivity contribution < 1.29 is 0 Å². The van der Waals surface area contributed by atoms with Gasteiger partial charge in [-0.1, -0.05) is 0 Å². The molecule has 2 aromatic rings. The van der Waals surface area contributed by atoms with Gasteiger partial charge in [-0.15, -0.1) is 0 Å². The fourth-order valence-electron chi connectivity index (χ4n) is 1.51. The van der Waals surface area contributed by atoms with E-state index in [-0.39, 0.29) is 0 Å². The fraction of sp³-hybridized carbons (Fsp3) is 0.273. The quantitative estimate of drug-likeness (QED) is 0.805. The zero-order chi connectivity index (χ0) is 10.5. The van der Waals surface area contributed by atoms with Crippen LogP contribution in [0.25, 0.3) is 0 Å². The highest BCUT2D eigenvalue weighted by atomic mass is 15.0. The summed E-state index contributed by atoms with van der Waals surface area (Å²) in [6, 6.07) is 5.96. The summed E-state index contributed by atoms with van der Waals surface area (Å²) in [5.41, 5.74) is 1.24. The van der Waals surface area contributed by atoms with E-state index in [0.29, 0.717) is 0 Å². The molecule has 0 spiro atoms. The minimum atomic E-state index is 0.727. The normalized spacial score (nSPS) is 10.5. The molecule has 0 fully saturated rings. The predicted octanol–water partition coefficient (Wildman–Crippen LogP) is 1.05. The van der Waals surface area contributed by atoms with Crippen LogP contribution in [0, 0.1) is 0 Å². The van der Waals surface area contributed by atoms with Crippen LogP contribution in [0.15, 0.2) is 36.8 Å². The molecule has 0 aromatic carbocycles. The lowest BCUT2D eigenvalue weighted by Gasteiger charge is -2.07. The van der Waals surface area contributed by atoms with Gasteiger partial charge < -0.3 is 9.88 Å². The zero-order valence-electron chi connectivity index (χ0n) is 8.72. The number of nitrogens with zero attached hydrogens (tertiary/aromatic N) is 3. The van der Waals surface area contributed by atoms with Crippen molar-refractivity contribution in [1.82, 2.24) is 19.9 Å². The lowest BCUT2D eigenvalue weighted by molar-refractivity contribution is 0.671. The van der Waals surface area contributed by atoms with Gasteiger partial charge in [-0.25, -0.2) is 9.97 Å². The summed E-state index contributed by atoms with van der Waals surface area (Å²) in [6.45, 7) is 1.59. The third-order valence-electron chi connectivity index (χ3n) is 2.21. The number of nitrogens with one attached hydrogen (secondary N) is 1. The number of hydrogen-bond acceptors (Lipinski definition) is 3. The lowest BCUT2D eigenvalue weighted by Crippen LogP contribution is -2.12. The van der Waals surface area contributed by atoms with Crippen LogP contribution < -0.4 is 5.32 Å². The van der Waals surface area contributed by atoms with Gasteiger partial charge in [0.15, 0.2) is 0 Å². The van der Waals surface area contributed by atoms with Crippen LogP contribution >= 0.6 is 0 Å². The molecule has 0 saturated carbocycles. The van der Waals surface area contributed by atoms with Crippen LogP contribution in [0.5, 0.6) is 0 Å². The van der Waals surface area contributed by atoms with E-state index in [9.17, 15) is 0 Å². The predicted molar refractivity (Wildman–Crippen MR) is 58.3 cm³/mol. The molecule has 78 valence electrons. The van der Waals surface area contributed by atoms with Crippen molar-refractivity contribution in [3.8, 4) is 0 Å². The molecule has 1 N–H and O–H groups in total. The van der Waals surface area contributed by atoms with E-state index in [1.807, 2.05) is 25.4 Å². The zero-order valence-corrected chi connectivity index (χ0v) is 8.72. The summed E-state index contributed by atoms with van der Waals surface area (Å²) in [5, 5.41) is 3.13. The highest BCUT2D eigenvalue weighted by Crippen LogP contribution is 2.04. The smallest absolute Gasteiger partial charge is 0.147 e. The SMILES string of the molecule is CNCc1cccn1Cc1ncccn1. The summed E-state index contributed by atoms with van der Waals surface area (Å²) >= 11 is 0. The molecule has 0 amide bonds. The first-order valence-corrected chi connectivity index (χ1v) is 4.94. The Bertz CT molecular complexity index is 408. The Labute approximate surface area is 89.0 Å². The molecule has 0 radical (unpaired) electrons. The van der Waals surface area contributed by atoms with E-state index in [4.69, 9.17) is 0 Å². The first-order valence-electron chi connectivity index (χ1n) is 4.94. The maximum atomic E-state index is 4.20. The molecule has 0 aliphatic heterocycles. The van der Waals surface area contributed by atoms with Gasteiger partial charge in [0.2, 0.25) is 0 Å². The van der Waals surface area contributed by atoms with E-state index in [1.165, 1.54) is 5.69 Å². The summed E-state index contributed by atoms with van der Waals surface area (Å²) in [4.78, 5) is 8.40. The molecule has 0 bridgehead atoms. The second kappa shape index (κ2) is 4.70. The highest BCUT2D eigenvalue weighted by Gasteiger charge is 2.01. The Balaban J connectivity index is 2.14. The van der Waals surface area contributed by atoms with Crippen LogP contribution in [0.2, 0.25) is 0 Å². The Hall–Kier alpha value is -1.68. The fourth-order valence-corrected chi connectivity index (χ4v) is 1.51. The van der Waals surface area contributed by atoms with Crippen molar-refractivity contribution >= 4 is 0 Å². The van der Waals surface area contributed by atoms with Crippen LogP contribution in [0.4, 0.5) is 0 Å². The average Bonchev–Trinajstić information content (AvgIpc) is 2.68. The number of rotatable bonds is 4. The lowest BCUT2D eigenvalue weighted by atomic mass is 10.4. The largest absolute Gasteiger partial charge is 0.343 e. The van der Waals surface area contributed by atoms with Crippen molar-refractivity contribution in [2.75, 3.05) is 7.05 Å². The maximum Gasteiger partial charge on any atom is 0.147 e. The molecule has 0 atom stereocenters. The summed E-state index contributed by atoms with van der Waals surface area (Å²) in [5.74, 6) is 0.839. The third-order valence-corrected chi connectivity index (χ3v) is 2.21. The van der Waals surface area contributed by atoms with Crippen molar-refractivity contribution in [2.45, 2.75) is 13.1 Å². The van der Waals surface area contributed by atoms with Crippen LogP contribution in [0.3, 0.4) is 0 Å². The van der Waals surface area contributed by atoms with E-state index in [1.54, 1.807) is 12.4 Å². The molecular formula is C11H14N4. The van der Waals surface area contributed by atoms with Gasteiger partial charge in [0, 0.05) is 30.8 Å². The first-order chi connectivity index (χ1) is 7.40. The molecule has 2 heterocycles. The minimum absolute atomic E-state index is 0.727. The van der Waals surface area contributed by atoms with E-state index >= 15 is 0 Å². The van der Waals surface area contributed by atoms with Gasteiger partial charge in [-0.05, 0) is 25.2 Å². The van der Waals surface area contributed by atoms with Gasteiger partial charge in [-0.2, -0.15) is 0 Å². The van der Waals surface area contributed by atoms with Gasteiger partial charge >= 0.3 is 0 Å². The molecule has 2 aromatic heterocycles. The molecule has 0 aliphatic carbocycles.